The van der Waals surface area contributed by atoms with Crippen molar-refractivity contribution < 1.29 is 14.4 Å². The fraction of sp³-hybridized carbons (Fsp3) is 0.541. The lowest BCUT2D eigenvalue weighted by molar-refractivity contribution is -0.138. The number of rotatable bonds is 11. The average Bonchev–Trinajstić information content (AvgIpc) is 3.01. The lowest BCUT2D eigenvalue weighted by Crippen LogP contribution is -2.39. The van der Waals surface area contributed by atoms with Crippen molar-refractivity contribution in [3.05, 3.63) is 70.8 Å². The molecular weight excluding hydrogens is 520 g/mol. The number of amides is 1. The van der Waals surface area contributed by atoms with Gasteiger partial charge in [-0.25, -0.2) is 0 Å². The fourth-order valence-corrected chi connectivity index (χ4v) is 3.28. The van der Waals surface area contributed by atoms with Crippen molar-refractivity contribution >= 4 is 29.6 Å². The molecule has 1 amide bonds. The number of unbranched alkanes of at least 4 members (excludes halogenated alkanes) is 1. The summed E-state index contributed by atoms with van der Waals surface area (Å²) in [5.41, 5.74) is 3.51. The van der Waals surface area contributed by atoms with Gasteiger partial charge in [-0.1, -0.05) is 116 Å². The first-order valence-corrected chi connectivity index (χ1v) is 15.7. The molecule has 0 aromatic heterocycles. The maximum Gasteiger partial charge on any atom is 0.232 e. The number of Topliss-reactive ketones (excluding diaryl/α,β-unsaturated/α-hetero) is 2. The van der Waals surface area contributed by atoms with E-state index in [2.05, 4.69) is 74.5 Å². The summed E-state index contributed by atoms with van der Waals surface area (Å²) in [6.07, 6.45) is 9.15. The highest BCUT2D eigenvalue weighted by Crippen LogP contribution is 2.15. The maximum absolute atomic E-state index is 11.2. The third-order valence-corrected chi connectivity index (χ3v) is 6.35. The van der Waals surface area contributed by atoms with Crippen molar-refractivity contribution in [1.82, 2.24) is 10.2 Å². The first kappa shape index (κ1) is 43.4. The number of nitrogens with zero attached hydrogens (tertiary/aromatic N) is 1. The van der Waals surface area contributed by atoms with Crippen molar-refractivity contribution in [2.24, 2.45) is 5.41 Å². The second-order valence-corrected chi connectivity index (χ2v) is 10.0. The van der Waals surface area contributed by atoms with Crippen molar-refractivity contribution in [3.8, 4) is 0 Å². The molecule has 0 saturated heterocycles. The molecule has 0 atom stereocenters. The van der Waals surface area contributed by atoms with E-state index in [9.17, 15) is 14.4 Å². The monoisotopic (exact) mass is 582 g/mol. The topological polar surface area (TPSA) is 66.5 Å². The van der Waals surface area contributed by atoms with Gasteiger partial charge in [0.05, 0.1) is 0 Å². The molecule has 0 bridgehead atoms. The molecule has 2 aromatic carbocycles. The van der Waals surface area contributed by atoms with Crippen LogP contribution in [0.5, 0.6) is 0 Å². The number of ketones is 2. The van der Waals surface area contributed by atoms with Crippen LogP contribution in [-0.4, -0.2) is 49.6 Å². The highest BCUT2D eigenvalue weighted by molar-refractivity contribution is 6.04. The van der Waals surface area contributed by atoms with Gasteiger partial charge in [0.2, 0.25) is 5.91 Å². The van der Waals surface area contributed by atoms with Crippen LogP contribution in [0.1, 0.15) is 122 Å². The Balaban J connectivity index is -0.000000563. The molecule has 0 saturated carbocycles. The van der Waals surface area contributed by atoms with E-state index in [1.165, 1.54) is 57.5 Å². The number of benzene rings is 2. The minimum absolute atomic E-state index is 0.102. The second-order valence-electron chi connectivity index (χ2n) is 10.0. The Hall–Kier alpha value is -3.05. The Kier molecular flexibility index (Phi) is 27.7. The van der Waals surface area contributed by atoms with E-state index in [-0.39, 0.29) is 17.5 Å². The van der Waals surface area contributed by atoms with Crippen LogP contribution in [0.25, 0.3) is 12.2 Å². The molecule has 5 nitrogen and oxygen atoms in total. The van der Waals surface area contributed by atoms with Crippen LogP contribution in [-0.2, 0) is 16.0 Å². The van der Waals surface area contributed by atoms with Crippen molar-refractivity contribution in [2.45, 2.75) is 102 Å². The highest BCUT2D eigenvalue weighted by Gasteiger charge is 2.31. The smallest absolute Gasteiger partial charge is 0.232 e. The van der Waals surface area contributed by atoms with Gasteiger partial charge in [0.25, 0.3) is 0 Å². The predicted octanol–water partition coefficient (Wildman–Crippen LogP) is 9.15. The predicted molar refractivity (Wildman–Crippen MR) is 185 cm³/mol. The van der Waals surface area contributed by atoms with Crippen LogP contribution in [0, 0.1) is 5.41 Å². The van der Waals surface area contributed by atoms with E-state index < -0.39 is 5.41 Å². The minimum atomic E-state index is -0.880. The molecule has 0 unspecified atom stereocenters. The summed E-state index contributed by atoms with van der Waals surface area (Å²) in [5, 5.41) is 2.43. The molecule has 5 heteroatoms. The molecule has 42 heavy (non-hydrogen) atoms. The molecule has 0 aliphatic heterocycles. The van der Waals surface area contributed by atoms with Crippen LogP contribution >= 0.6 is 0 Å². The van der Waals surface area contributed by atoms with E-state index >= 15 is 0 Å². The highest BCUT2D eigenvalue weighted by atomic mass is 16.2. The Morgan fingerprint density at radius 1 is 0.762 bits per heavy atom. The summed E-state index contributed by atoms with van der Waals surface area (Å²) in [6.45, 7) is 23.3. The Morgan fingerprint density at radius 2 is 1.21 bits per heavy atom. The second kappa shape index (κ2) is 26.8. The van der Waals surface area contributed by atoms with Gasteiger partial charge >= 0.3 is 0 Å². The quantitative estimate of drug-likeness (QED) is 0.163. The zero-order chi connectivity index (χ0) is 33.1. The fourth-order valence-electron chi connectivity index (χ4n) is 3.28. The Morgan fingerprint density at radius 3 is 1.52 bits per heavy atom. The van der Waals surface area contributed by atoms with Crippen LogP contribution in [0.4, 0.5) is 0 Å². The average molecular weight is 583 g/mol. The molecule has 2 rings (SSSR count). The molecule has 0 radical (unpaired) electrons. The number of carbonyl (C=O) groups excluding carboxylic acids is 3. The van der Waals surface area contributed by atoms with Crippen LogP contribution in [0.3, 0.4) is 0 Å². The molecular formula is C37H62N2O3. The normalized spacial score (nSPS) is 10.0. The van der Waals surface area contributed by atoms with Crippen LogP contribution in [0.2, 0.25) is 0 Å². The molecule has 0 spiro atoms. The lowest BCUT2D eigenvalue weighted by atomic mass is 9.88. The summed E-state index contributed by atoms with van der Waals surface area (Å²) in [4.78, 5) is 35.3. The molecule has 0 fully saturated rings. The Bertz CT molecular complexity index is 991. The molecule has 0 heterocycles. The molecule has 0 aliphatic rings. The van der Waals surface area contributed by atoms with E-state index in [4.69, 9.17) is 0 Å². The van der Waals surface area contributed by atoms with Crippen molar-refractivity contribution in [3.63, 3.8) is 0 Å². The van der Waals surface area contributed by atoms with Gasteiger partial charge < -0.3 is 10.2 Å². The number of carbonyl (C=O) groups is 3. The zero-order valence-corrected chi connectivity index (χ0v) is 29.2. The van der Waals surface area contributed by atoms with E-state index in [1.807, 2.05) is 52.0 Å². The summed E-state index contributed by atoms with van der Waals surface area (Å²) in [6, 6.07) is 16.2. The molecule has 238 valence electrons. The van der Waals surface area contributed by atoms with Crippen molar-refractivity contribution in [1.29, 1.82) is 0 Å². The van der Waals surface area contributed by atoms with Gasteiger partial charge in [-0.3, -0.25) is 14.4 Å². The van der Waals surface area contributed by atoms with Gasteiger partial charge in [0.15, 0.2) is 5.78 Å². The summed E-state index contributed by atoms with van der Waals surface area (Å²) in [7, 11) is 3.71. The standard InChI is InChI=1S/C18H18O.C8H19N.C7H13NO2.2C2H6/c1-3-15-4-6-16(7-5-15)8-9-17-10-12-18(13-11-17)14(2)19;1-4-6-8-9(3)7-5-2;1-5(9)7(2,3)6(10)8-4;2*1-2/h4-13H,3H2,1-2H3;4-8H2,1-3H3;1-4H3,(H,8,10);2*1-2H3/b9-8+;;;;. The molecule has 2 aromatic rings. The largest absolute Gasteiger partial charge is 0.358 e. The Labute approximate surface area is 259 Å². The first-order valence-electron chi connectivity index (χ1n) is 15.7. The maximum atomic E-state index is 11.2. The minimum Gasteiger partial charge on any atom is -0.358 e. The third kappa shape index (κ3) is 19.9. The summed E-state index contributed by atoms with van der Waals surface area (Å²) in [5.74, 6) is -0.252. The van der Waals surface area contributed by atoms with Crippen molar-refractivity contribution in [2.75, 3.05) is 27.2 Å². The van der Waals surface area contributed by atoms with Gasteiger partial charge in [0, 0.05) is 12.6 Å². The van der Waals surface area contributed by atoms with Gasteiger partial charge in [0.1, 0.15) is 11.2 Å². The van der Waals surface area contributed by atoms with Crippen LogP contribution < -0.4 is 5.32 Å². The van der Waals surface area contributed by atoms with E-state index in [0.717, 1.165) is 17.5 Å². The third-order valence-electron chi connectivity index (χ3n) is 6.35. The van der Waals surface area contributed by atoms with E-state index in [0.29, 0.717) is 0 Å². The van der Waals surface area contributed by atoms with Gasteiger partial charge in [-0.15, -0.1) is 0 Å². The number of hydrogen-bond donors (Lipinski definition) is 1. The number of nitrogens with one attached hydrogen (secondary N) is 1. The SMILES string of the molecule is CC.CC.CCCCN(C)CCC.CCc1ccc(/C=C/c2ccc(C(C)=O)cc2)cc1.CNC(=O)C(C)(C)C(C)=O. The van der Waals surface area contributed by atoms with Gasteiger partial charge in [-0.2, -0.15) is 0 Å². The van der Waals surface area contributed by atoms with E-state index in [1.54, 1.807) is 20.8 Å². The summed E-state index contributed by atoms with van der Waals surface area (Å²) < 4.78 is 0. The van der Waals surface area contributed by atoms with Crippen LogP contribution in [0.15, 0.2) is 48.5 Å². The number of aryl methyl sites for hydroxylation is 1. The molecule has 1 N–H and O–H groups in total. The number of hydrogen-bond acceptors (Lipinski definition) is 4. The first-order chi connectivity index (χ1) is 19.9. The summed E-state index contributed by atoms with van der Waals surface area (Å²) >= 11 is 0. The zero-order valence-electron chi connectivity index (χ0n) is 29.2. The molecule has 0 aliphatic carbocycles. The lowest BCUT2D eigenvalue weighted by Gasteiger charge is -2.17. The van der Waals surface area contributed by atoms with Gasteiger partial charge in [-0.05, 0) is 83.8 Å².